The second kappa shape index (κ2) is 7.99. The number of benzene rings is 1. The van der Waals surface area contributed by atoms with Gasteiger partial charge in [-0.05, 0) is 31.0 Å². The molecule has 0 aromatic heterocycles. The summed E-state index contributed by atoms with van der Waals surface area (Å²) in [6.45, 7) is 0.875. The molecule has 1 N–H and O–H groups in total. The van der Waals surface area contributed by atoms with Gasteiger partial charge in [0.15, 0.2) is 0 Å². The molecule has 1 aromatic rings. The predicted octanol–water partition coefficient (Wildman–Crippen LogP) is 2.77. The maximum absolute atomic E-state index is 12.2. The topological polar surface area (TPSA) is 58.6 Å². The minimum Gasteiger partial charge on any atom is -0.365 e. The summed E-state index contributed by atoms with van der Waals surface area (Å²) in [7, 11) is 0. The molecule has 2 fully saturated rings. The van der Waals surface area contributed by atoms with Crippen LogP contribution in [0.15, 0.2) is 24.3 Å². The third-order valence-corrected chi connectivity index (χ3v) is 4.96. The minimum absolute atomic E-state index is 0.0243. The fraction of sp³-hybridized carbons (Fsp3) is 0.556. The molecule has 24 heavy (non-hydrogen) atoms. The fourth-order valence-electron chi connectivity index (χ4n) is 3.37. The molecule has 2 aliphatic rings. The van der Waals surface area contributed by atoms with Gasteiger partial charge in [-0.15, -0.1) is 0 Å². The van der Waals surface area contributed by atoms with Crippen LogP contribution in [0.1, 0.15) is 32.1 Å². The first-order valence-corrected chi connectivity index (χ1v) is 8.96. The molecule has 1 heterocycles. The number of rotatable bonds is 4. The van der Waals surface area contributed by atoms with Crippen LogP contribution in [0, 0.1) is 5.92 Å². The number of carbonyl (C=O) groups excluding carboxylic acids is 2. The molecule has 5 nitrogen and oxygen atoms in total. The zero-order chi connectivity index (χ0) is 16.9. The zero-order valence-corrected chi connectivity index (χ0v) is 14.4. The molecule has 1 aliphatic carbocycles. The average molecular weight is 351 g/mol. The number of ether oxygens (including phenoxy) is 1. The number of hydrogen-bond acceptors (Lipinski definition) is 3. The molecule has 1 aromatic carbocycles. The third-order valence-electron chi connectivity index (χ3n) is 4.73. The number of nitrogens with one attached hydrogen (secondary N) is 1. The Bertz CT molecular complexity index is 602. The molecule has 6 heteroatoms. The standard InChI is InChI=1S/C18H23ClN2O3/c19-14-7-4-8-15(9-14)21-11-16(24-12-17(21)22)10-20-18(23)13-5-2-1-3-6-13/h4,7-9,13,16H,1-3,5-6,10-12H2,(H,20,23). The Balaban J connectivity index is 1.55. The highest BCUT2D eigenvalue weighted by Gasteiger charge is 2.29. The number of amides is 2. The van der Waals surface area contributed by atoms with Crippen LogP contribution in [0.5, 0.6) is 0 Å². The van der Waals surface area contributed by atoms with Crippen LogP contribution >= 0.6 is 11.6 Å². The van der Waals surface area contributed by atoms with E-state index in [9.17, 15) is 9.59 Å². The lowest BCUT2D eigenvalue weighted by Crippen LogP contribution is -2.51. The van der Waals surface area contributed by atoms with E-state index in [1.54, 1.807) is 17.0 Å². The summed E-state index contributed by atoms with van der Waals surface area (Å²) in [4.78, 5) is 26.0. The molecular weight excluding hydrogens is 328 g/mol. The van der Waals surface area contributed by atoms with Gasteiger partial charge in [0.2, 0.25) is 5.91 Å². The summed E-state index contributed by atoms with van der Waals surface area (Å²) >= 11 is 6.01. The lowest BCUT2D eigenvalue weighted by molar-refractivity contribution is -0.130. The van der Waals surface area contributed by atoms with E-state index < -0.39 is 0 Å². The number of morpholine rings is 1. The van der Waals surface area contributed by atoms with Gasteiger partial charge in [0.05, 0.1) is 12.6 Å². The van der Waals surface area contributed by atoms with Gasteiger partial charge in [-0.1, -0.05) is 36.9 Å². The lowest BCUT2D eigenvalue weighted by Gasteiger charge is -2.33. The second-order valence-electron chi connectivity index (χ2n) is 6.50. The molecular formula is C18H23ClN2O3. The summed E-state index contributed by atoms with van der Waals surface area (Å²) in [5, 5.41) is 3.58. The smallest absolute Gasteiger partial charge is 0.253 e. The highest BCUT2D eigenvalue weighted by atomic mass is 35.5. The first-order valence-electron chi connectivity index (χ1n) is 8.59. The van der Waals surface area contributed by atoms with E-state index in [1.165, 1.54) is 6.42 Å². The highest BCUT2D eigenvalue weighted by molar-refractivity contribution is 6.30. The molecule has 1 saturated carbocycles. The average Bonchev–Trinajstić information content (AvgIpc) is 2.61. The second-order valence-corrected chi connectivity index (χ2v) is 6.93. The SMILES string of the molecule is O=C(NCC1CN(c2cccc(Cl)c2)C(=O)CO1)C1CCCCC1. The Kier molecular flexibility index (Phi) is 5.74. The summed E-state index contributed by atoms with van der Waals surface area (Å²) in [6.07, 6.45) is 5.25. The van der Waals surface area contributed by atoms with Gasteiger partial charge in [0.1, 0.15) is 6.61 Å². The van der Waals surface area contributed by atoms with Crippen LogP contribution < -0.4 is 10.2 Å². The number of halogens is 1. The number of nitrogens with zero attached hydrogens (tertiary/aromatic N) is 1. The van der Waals surface area contributed by atoms with Crippen molar-refractivity contribution in [3.8, 4) is 0 Å². The van der Waals surface area contributed by atoms with Crippen molar-refractivity contribution in [3.63, 3.8) is 0 Å². The highest BCUT2D eigenvalue weighted by Crippen LogP contribution is 2.24. The molecule has 2 amide bonds. The first kappa shape index (κ1) is 17.2. The van der Waals surface area contributed by atoms with E-state index >= 15 is 0 Å². The van der Waals surface area contributed by atoms with Crippen molar-refractivity contribution in [3.05, 3.63) is 29.3 Å². The van der Waals surface area contributed by atoms with E-state index in [-0.39, 0.29) is 30.4 Å². The Labute approximate surface area is 147 Å². The number of hydrogen-bond donors (Lipinski definition) is 1. The molecule has 130 valence electrons. The monoisotopic (exact) mass is 350 g/mol. The molecule has 0 spiro atoms. The van der Waals surface area contributed by atoms with E-state index in [4.69, 9.17) is 16.3 Å². The van der Waals surface area contributed by atoms with Crippen LogP contribution in [0.2, 0.25) is 5.02 Å². The minimum atomic E-state index is -0.200. The van der Waals surface area contributed by atoms with Crippen molar-refractivity contribution < 1.29 is 14.3 Å². The van der Waals surface area contributed by atoms with Crippen molar-refractivity contribution in [1.29, 1.82) is 0 Å². The van der Waals surface area contributed by atoms with Crippen LogP contribution in [0.4, 0.5) is 5.69 Å². The van der Waals surface area contributed by atoms with Crippen molar-refractivity contribution >= 4 is 29.1 Å². The Morgan fingerprint density at radius 1 is 1.29 bits per heavy atom. The Morgan fingerprint density at radius 3 is 2.83 bits per heavy atom. The lowest BCUT2D eigenvalue weighted by atomic mass is 9.88. The summed E-state index contributed by atoms with van der Waals surface area (Å²) in [5.41, 5.74) is 0.763. The van der Waals surface area contributed by atoms with E-state index in [2.05, 4.69) is 5.32 Å². The van der Waals surface area contributed by atoms with Gasteiger partial charge >= 0.3 is 0 Å². The van der Waals surface area contributed by atoms with Gasteiger partial charge in [-0.2, -0.15) is 0 Å². The van der Waals surface area contributed by atoms with Gasteiger partial charge in [-0.25, -0.2) is 0 Å². The van der Waals surface area contributed by atoms with E-state index in [0.29, 0.717) is 18.1 Å². The summed E-state index contributed by atoms with van der Waals surface area (Å²) < 4.78 is 5.57. The van der Waals surface area contributed by atoms with Gasteiger partial charge < -0.3 is 15.0 Å². The van der Waals surface area contributed by atoms with Gasteiger partial charge in [0.25, 0.3) is 5.91 Å². The fourth-order valence-corrected chi connectivity index (χ4v) is 3.55. The maximum atomic E-state index is 12.2. The largest absolute Gasteiger partial charge is 0.365 e. The zero-order valence-electron chi connectivity index (χ0n) is 13.7. The van der Waals surface area contributed by atoms with Crippen LogP contribution in [-0.4, -0.2) is 37.6 Å². The van der Waals surface area contributed by atoms with E-state index in [0.717, 1.165) is 31.4 Å². The molecule has 1 unspecified atom stereocenters. The first-order chi connectivity index (χ1) is 11.6. The van der Waals surface area contributed by atoms with Crippen molar-refractivity contribution in [1.82, 2.24) is 5.32 Å². The summed E-state index contributed by atoms with van der Waals surface area (Å²) in [5.74, 6) is 0.157. The van der Waals surface area contributed by atoms with Crippen LogP contribution in [0.3, 0.4) is 0 Å². The number of carbonyl (C=O) groups is 2. The van der Waals surface area contributed by atoms with Crippen LogP contribution in [0.25, 0.3) is 0 Å². The predicted molar refractivity (Wildman–Crippen MR) is 93.1 cm³/mol. The molecule has 3 rings (SSSR count). The quantitative estimate of drug-likeness (QED) is 0.908. The Hall–Kier alpha value is -1.59. The Morgan fingerprint density at radius 2 is 2.08 bits per heavy atom. The van der Waals surface area contributed by atoms with E-state index in [1.807, 2.05) is 12.1 Å². The molecule has 1 saturated heterocycles. The van der Waals surface area contributed by atoms with Crippen LogP contribution in [-0.2, 0) is 14.3 Å². The van der Waals surface area contributed by atoms with Gasteiger partial charge in [0, 0.05) is 23.2 Å². The van der Waals surface area contributed by atoms with Gasteiger partial charge in [-0.3, -0.25) is 9.59 Å². The van der Waals surface area contributed by atoms with Crippen molar-refractivity contribution in [2.24, 2.45) is 5.92 Å². The molecule has 1 atom stereocenters. The third kappa shape index (κ3) is 4.28. The summed E-state index contributed by atoms with van der Waals surface area (Å²) in [6, 6.07) is 7.22. The molecule has 0 bridgehead atoms. The number of anilines is 1. The normalized spacial score (nSPS) is 22.5. The molecule has 1 aliphatic heterocycles. The van der Waals surface area contributed by atoms with Crippen molar-refractivity contribution in [2.45, 2.75) is 38.2 Å². The maximum Gasteiger partial charge on any atom is 0.253 e. The molecule has 0 radical (unpaired) electrons. The van der Waals surface area contributed by atoms with Crippen molar-refractivity contribution in [2.75, 3.05) is 24.6 Å².